The van der Waals surface area contributed by atoms with E-state index in [1.165, 1.54) is 43.1 Å². The zero-order valence-corrected chi connectivity index (χ0v) is 25.1. The number of unbranched alkanes of at least 4 members (excludes halogenated alkanes) is 6. The SMILES string of the molecule is CCCCCCCCCC(=O)N(CC(=O)N(CCc1c[nH]c2ccccc12)Cc1ccc(OC)c(OC)c1)C1CC1. The van der Waals surface area contributed by atoms with E-state index >= 15 is 0 Å². The summed E-state index contributed by atoms with van der Waals surface area (Å²) in [6, 6.07) is 14.2. The average molecular weight is 562 g/mol. The van der Waals surface area contributed by atoms with Gasteiger partial charge in [0.05, 0.1) is 14.2 Å². The molecule has 1 fully saturated rings. The Labute approximate surface area is 245 Å². The monoisotopic (exact) mass is 561 g/mol. The van der Waals surface area contributed by atoms with E-state index in [9.17, 15) is 9.59 Å². The molecule has 1 aliphatic rings. The second-order valence-corrected chi connectivity index (χ2v) is 11.2. The van der Waals surface area contributed by atoms with Gasteiger partial charge in [-0.15, -0.1) is 0 Å². The molecule has 222 valence electrons. The Balaban J connectivity index is 1.43. The fraction of sp³-hybridized carbons (Fsp3) is 0.529. The summed E-state index contributed by atoms with van der Waals surface area (Å²) in [5.74, 6) is 1.40. The lowest BCUT2D eigenvalue weighted by atomic mass is 10.1. The fourth-order valence-corrected chi connectivity index (χ4v) is 5.51. The standard InChI is InChI=1S/C34H47N3O4/c1-4-5-6-7-8-9-10-15-33(38)37(28-17-18-28)25-34(39)36(24-26-16-19-31(40-2)32(22-26)41-3)21-20-27-23-35-30-14-12-11-13-29(27)30/h11-14,16,19,22-23,28,35H,4-10,15,17-18,20-21,24-25H2,1-3H3. The Bertz CT molecular complexity index is 1270. The van der Waals surface area contributed by atoms with E-state index in [4.69, 9.17) is 9.47 Å². The van der Waals surface area contributed by atoms with Crippen LogP contribution in [-0.4, -0.2) is 59.9 Å². The first-order valence-corrected chi connectivity index (χ1v) is 15.4. The molecule has 7 heteroatoms. The van der Waals surface area contributed by atoms with E-state index in [0.717, 1.165) is 43.2 Å². The third-order valence-electron chi connectivity index (χ3n) is 8.11. The van der Waals surface area contributed by atoms with E-state index in [2.05, 4.69) is 24.0 Å². The van der Waals surface area contributed by atoms with Crippen LogP contribution in [0.5, 0.6) is 11.5 Å². The van der Waals surface area contributed by atoms with Gasteiger partial charge in [0.2, 0.25) is 11.8 Å². The van der Waals surface area contributed by atoms with Gasteiger partial charge in [-0.05, 0) is 55.0 Å². The number of nitrogens with one attached hydrogen (secondary N) is 1. The van der Waals surface area contributed by atoms with Gasteiger partial charge in [-0.3, -0.25) is 9.59 Å². The number of carbonyl (C=O) groups excluding carboxylic acids is 2. The Hall–Kier alpha value is -3.48. The molecule has 1 aliphatic carbocycles. The molecule has 0 bridgehead atoms. The predicted molar refractivity (Wildman–Crippen MR) is 164 cm³/mol. The highest BCUT2D eigenvalue weighted by Crippen LogP contribution is 2.30. The van der Waals surface area contributed by atoms with Crippen LogP contribution in [0.3, 0.4) is 0 Å². The van der Waals surface area contributed by atoms with Crippen molar-refractivity contribution in [1.29, 1.82) is 0 Å². The minimum Gasteiger partial charge on any atom is -0.493 e. The van der Waals surface area contributed by atoms with Crippen molar-refractivity contribution in [2.75, 3.05) is 27.3 Å². The number of nitrogens with zero attached hydrogens (tertiary/aromatic N) is 2. The first-order valence-electron chi connectivity index (χ1n) is 15.4. The Morgan fingerprint density at radius 3 is 2.37 bits per heavy atom. The van der Waals surface area contributed by atoms with Gasteiger partial charge < -0.3 is 24.3 Å². The zero-order valence-electron chi connectivity index (χ0n) is 25.1. The maximum atomic E-state index is 13.8. The van der Waals surface area contributed by atoms with Crippen LogP contribution in [0.15, 0.2) is 48.7 Å². The van der Waals surface area contributed by atoms with Crippen molar-refractivity contribution >= 4 is 22.7 Å². The van der Waals surface area contributed by atoms with Crippen LogP contribution < -0.4 is 9.47 Å². The Morgan fingerprint density at radius 2 is 1.63 bits per heavy atom. The molecule has 1 aromatic heterocycles. The summed E-state index contributed by atoms with van der Waals surface area (Å²) in [6.07, 6.45) is 13.5. The van der Waals surface area contributed by atoms with Crippen molar-refractivity contribution in [1.82, 2.24) is 14.8 Å². The number of fused-ring (bicyclic) bond motifs is 1. The summed E-state index contributed by atoms with van der Waals surface area (Å²) < 4.78 is 10.9. The smallest absolute Gasteiger partial charge is 0.242 e. The first-order chi connectivity index (χ1) is 20.0. The molecule has 0 aliphatic heterocycles. The maximum Gasteiger partial charge on any atom is 0.242 e. The third kappa shape index (κ3) is 8.75. The predicted octanol–water partition coefficient (Wildman–Crippen LogP) is 6.89. The molecule has 1 N–H and O–H groups in total. The van der Waals surface area contributed by atoms with Gasteiger partial charge >= 0.3 is 0 Å². The number of aromatic amines is 1. The summed E-state index contributed by atoms with van der Waals surface area (Å²) in [7, 11) is 3.23. The third-order valence-corrected chi connectivity index (χ3v) is 8.11. The highest BCUT2D eigenvalue weighted by atomic mass is 16.5. The minimum atomic E-state index is -0.0144. The van der Waals surface area contributed by atoms with Crippen molar-refractivity contribution in [3.8, 4) is 11.5 Å². The molecule has 1 saturated carbocycles. The molecular formula is C34H47N3O4. The quantitative estimate of drug-likeness (QED) is 0.172. The number of methoxy groups -OCH3 is 2. The first kappa shape index (κ1) is 30.5. The number of hydrogen-bond acceptors (Lipinski definition) is 4. The Kier molecular flexibility index (Phi) is 11.5. The van der Waals surface area contributed by atoms with E-state index < -0.39 is 0 Å². The maximum absolute atomic E-state index is 13.8. The van der Waals surface area contributed by atoms with Crippen LogP contribution in [-0.2, 0) is 22.6 Å². The van der Waals surface area contributed by atoms with Gasteiger partial charge in [0.1, 0.15) is 6.54 Å². The molecule has 7 nitrogen and oxygen atoms in total. The summed E-state index contributed by atoms with van der Waals surface area (Å²) in [6.45, 7) is 3.36. The van der Waals surface area contributed by atoms with E-state index in [-0.39, 0.29) is 24.4 Å². The summed E-state index contributed by atoms with van der Waals surface area (Å²) in [5, 5.41) is 1.18. The number of ether oxygens (including phenoxy) is 2. The van der Waals surface area contributed by atoms with Gasteiger partial charge in [-0.25, -0.2) is 0 Å². The van der Waals surface area contributed by atoms with E-state index in [1.807, 2.05) is 46.3 Å². The van der Waals surface area contributed by atoms with Crippen molar-refractivity contribution in [3.05, 3.63) is 59.8 Å². The number of para-hydroxylation sites is 1. The van der Waals surface area contributed by atoms with Crippen molar-refractivity contribution in [2.45, 2.75) is 90.1 Å². The fourth-order valence-electron chi connectivity index (χ4n) is 5.51. The van der Waals surface area contributed by atoms with E-state index in [0.29, 0.717) is 31.0 Å². The van der Waals surface area contributed by atoms with Gasteiger partial charge in [0.25, 0.3) is 0 Å². The molecule has 4 rings (SSSR count). The van der Waals surface area contributed by atoms with Crippen LogP contribution in [0.1, 0.15) is 82.3 Å². The summed E-state index contributed by atoms with van der Waals surface area (Å²) >= 11 is 0. The van der Waals surface area contributed by atoms with Gasteiger partial charge in [0, 0.05) is 42.7 Å². The normalized spacial score (nSPS) is 12.9. The second-order valence-electron chi connectivity index (χ2n) is 11.2. The lowest BCUT2D eigenvalue weighted by molar-refractivity contribution is -0.141. The second kappa shape index (κ2) is 15.5. The van der Waals surface area contributed by atoms with Gasteiger partial charge in [-0.2, -0.15) is 0 Å². The van der Waals surface area contributed by atoms with Crippen LogP contribution in [0.4, 0.5) is 0 Å². The lowest BCUT2D eigenvalue weighted by Crippen LogP contribution is -2.44. The molecule has 0 atom stereocenters. The molecule has 1 heterocycles. The minimum absolute atomic E-state index is 0.0144. The number of rotatable bonds is 18. The van der Waals surface area contributed by atoms with Gasteiger partial charge in [-0.1, -0.05) is 69.7 Å². The topological polar surface area (TPSA) is 74.9 Å². The molecule has 0 spiro atoms. The summed E-state index contributed by atoms with van der Waals surface area (Å²) in [4.78, 5) is 34.2. The number of benzene rings is 2. The number of hydrogen-bond donors (Lipinski definition) is 1. The molecule has 3 aromatic rings. The molecule has 0 saturated heterocycles. The molecule has 0 radical (unpaired) electrons. The van der Waals surface area contributed by atoms with Crippen LogP contribution in [0.2, 0.25) is 0 Å². The van der Waals surface area contributed by atoms with Crippen LogP contribution in [0.25, 0.3) is 10.9 Å². The lowest BCUT2D eigenvalue weighted by Gasteiger charge is -2.28. The van der Waals surface area contributed by atoms with Crippen molar-refractivity contribution in [3.63, 3.8) is 0 Å². The average Bonchev–Trinajstić information content (AvgIpc) is 3.76. The highest BCUT2D eigenvalue weighted by Gasteiger charge is 2.34. The number of H-pyrrole nitrogens is 1. The van der Waals surface area contributed by atoms with Crippen LogP contribution in [0, 0.1) is 0 Å². The number of amides is 2. The van der Waals surface area contributed by atoms with Gasteiger partial charge in [0.15, 0.2) is 11.5 Å². The number of carbonyl (C=O) groups is 2. The van der Waals surface area contributed by atoms with Crippen molar-refractivity contribution in [2.24, 2.45) is 0 Å². The van der Waals surface area contributed by atoms with Crippen LogP contribution >= 0.6 is 0 Å². The highest BCUT2D eigenvalue weighted by molar-refractivity contribution is 5.86. The molecular weight excluding hydrogens is 514 g/mol. The van der Waals surface area contributed by atoms with E-state index in [1.54, 1.807) is 14.2 Å². The summed E-state index contributed by atoms with van der Waals surface area (Å²) in [5.41, 5.74) is 3.23. The largest absolute Gasteiger partial charge is 0.493 e. The zero-order chi connectivity index (χ0) is 29.0. The molecule has 2 aromatic carbocycles. The molecule has 2 amide bonds. The molecule has 0 unspecified atom stereocenters. The number of aromatic nitrogens is 1. The Morgan fingerprint density at radius 1 is 0.902 bits per heavy atom. The molecule has 41 heavy (non-hydrogen) atoms. The van der Waals surface area contributed by atoms with Crippen molar-refractivity contribution < 1.29 is 19.1 Å².